The molecule has 9 nitrogen and oxygen atoms in total. The number of methoxy groups -OCH3 is 1. The van der Waals surface area contributed by atoms with Crippen LogP contribution in [0.5, 0.6) is 0 Å². The van der Waals surface area contributed by atoms with Gasteiger partial charge in [0, 0.05) is 40.3 Å². The number of thioether (sulfide) groups is 1. The smallest absolute Gasteiger partial charge is 0.308 e. The van der Waals surface area contributed by atoms with Gasteiger partial charge in [0.1, 0.15) is 0 Å². The summed E-state index contributed by atoms with van der Waals surface area (Å²) in [4.78, 5) is 36.0. The van der Waals surface area contributed by atoms with E-state index in [0.29, 0.717) is 58.3 Å². The zero-order chi connectivity index (χ0) is 25.1. The van der Waals surface area contributed by atoms with Crippen LogP contribution in [-0.2, 0) is 15.3 Å². The number of halogens is 2. The molecule has 4 rings (SSSR count). The van der Waals surface area contributed by atoms with Crippen LogP contribution in [0.1, 0.15) is 40.4 Å². The van der Waals surface area contributed by atoms with E-state index in [1.165, 1.54) is 18.9 Å². The molecule has 1 amide bonds. The fraction of sp³-hybridized carbons (Fsp3) is 0.391. The lowest BCUT2D eigenvalue weighted by Gasteiger charge is -2.30. The molecule has 0 atom stereocenters. The van der Waals surface area contributed by atoms with Gasteiger partial charge in [0.05, 0.1) is 24.4 Å². The van der Waals surface area contributed by atoms with Gasteiger partial charge in [-0.2, -0.15) is 0 Å². The van der Waals surface area contributed by atoms with Crippen LogP contribution >= 0.6 is 35.0 Å². The second kappa shape index (κ2) is 10.9. The van der Waals surface area contributed by atoms with Crippen LogP contribution in [-0.4, -0.2) is 61.9 Å². The van der Waals surface area contributed by atoms with Gasteiger partial charge in [-0.15, -0.1) is 5.10 Å². The third-order valence-electron chi connectivity index (χ3n) is 5.67. The number of carbonyl (C=O) groups is 2. The monoisotopic (exact) mass is 534 g/mol. The number of ether oxygens (including phenoxy) is 1. The highest BCUT2D eigenvalue weighted by Crippen LogP contribution is 2.28. The third-order valence-corrected chi connectivity index (χ3v) is 6.97. The van der Waals surface area contributed by atoms with Crippen LogP contribution < -0.4 is 0 Å². The molecule has 1 aromatic carbocycles. The van der Waals surface area contributed by atoms with Gasteiger partial charge in [0.15, 0.2) is 10.9 Å². The number of aryl methyl sites for hydroxylation is 2. The molecular formula is C23H24Cl2N6O3S. The van der Waals surface area contributed by atoms with Gasteiger partial charge in [0.2, 0.25) is 0 Å². The topological polar surface area (TPSA) is 103 Å². The van der Waals surface area contributed by atoms with E-state index >= 15 is 0 Å². The van der Waals surface area contributed by atoms with Crippen molar-refractivity contribution in [2.24, 2.45) is 5.92 Å². The molecule has 0 spiro atoms. The number of benzene rings is 1. The Hall–Kier alpha value is -2.69. The first kappa shape index (κ1) is 25.4. The predicted molar refractivity (Wildman–Crippen MR) is 133 cm³/mol. The fourth-order valence-electron chi connectivity index (χ4n) is 3.99. The van der Waals surface area contributed by atoms with Crippen LogP contribution in [0.15, 0.2) is 29.4 Å². The van der Waals surface area contributed by atoms with Crippen molar-refractivity contribution in [2.45, 2.75) is 37.6 Å². The standard InChI is InChI=1S/C23H24Cl2N6O3S/c1-13-8-14(2)27-23(26-13)35-12-19-20(21(32)30-6-4-15(5-7-30)22(33)34-3)28-29-31(19)18-10-16(24)9-17(25)11-18/h8-11,15H,4-7,12H2,1-3H3. The van der Waals surface area contributed by atoms with Crippen LogP contribution in [0.4, 0.5) is 0 Å². The fourth-order valence-corrected chi connectivity index (χ4v) is 5.45. The zero-order valence-electron chi connectivity index (χ0n) is 19.5. The number of hydrogen-bond donors (Lipinski definition) is 0. The number of carbonyl (C=O) groups excluding carboxylic acids is 2. The molecule has 0 radical (unpaired) electrons. The number of piperidine rings is 1. The molecule has 0 aliphatic carbocycles. The molecule has 1 aliphatic rings. The Labute approximate surface area is 217 Å². The van der Waals surface area contributed by atoms with Crippen LogP contribution in [0, 0.1) is 19.8 Å². The van der Waals surface area contributed by atoms with Gasteiger partial charge in [-0.1, -0.05) is 40.2 Å². The van der Waals surface area contributed by atoms with E-state index in [1.807, 2.05) is 19.9 Å². The first-order chi connectivity index (χ1) is 16.7. The van der Waals surface area contributed by atoms with Crippen molar-refractivity contribution in [3.05, 3.63) is 57.1 Å². The van der Waals surface area contributed by atoms with E-state index < -0.39 is 0 Å². The minimum absolute atomic E-state index is 0.204. The number of esters is 1. The highest BCUT2D eigenvalue weighted by Gasteiger charge is 2.31. The minimum atomic E-state index is -0.246. The summed E-state index contributed by atoms with van der Waals surface area (Å²) < 4.78 is 6.42. The maximum atomic E-state index is 13.5. The molecule has 1 fully saturated rings. The van der Waals surface area contributed by atoms with Crippen molar-refractivity contribution in [1.82, 2.24) is 29.9 Å². The van der Waals surface area contributed by atoms with E-state index in [4.69, 9.17) is 27.9 Å². The normalized spacial score (nSPS) is 14.3. The predicted octanol–water partition coefficient (Wildman–Crippen LogP) is 4.30. The largest absolute Gasteiger partial charge is 0.469 e. The van der Waals surface area contributed by atoms with Gasteiger partial charge in [0.25, 0.3) is 5.91 Å². The molecule has 35 heavy (non-hydrogen) atoms. The summed E-state index contributed by atoms with van der Waals surface area (Å²) >= 11 is 13.8. The first-order valence-electron chi connectivity index (χ1n) is 11.0. The first-order valence-corrected chi connectivity index (χ1v) is 12.7. The van der Waals surface area contributed by atoms with Gasteiger partial charge < -0.3 is 9.64 Å². The quantitative estimate of drug-likeness (QED) is 0.262. The van der Waals surface area contributed by atoms with Crippen LogP contribution in [0.3, 0.4) is 0 Å². The van der Waals surface area contributed by atoms with E-state index in [-0.39, 0.29) is 23.5 Å². The SMILES string of the molecule is COC(=O)C1CCN(C(=O)c2nnn(-c3cc(Cl)cc(Cl)c3)c2CSc2nc(C)cc(C)n2)CC1. The maximum Gasteiger partial charge on any atom is 0.308 e. The van der Waals surface area contributed by atoms with Gasteiger partial charge in [-0.3, -0.25) is 9.59 Å². The summed E-state index contributed by atoms with van der Waals surface area (Å²) in [6.07, 6.45) is 1.08. The molecule has 12 heteroatoms. The molecule has 0 unspecified atom stereocenters. The van der Waals surface area contributed by atoms with Gasteiger partial charge in [-0.25, -0.2) is 14.6 Å². The Morgan fingerprint density at radius 2 is 1.69 bits per heavy atom. The van der Waals surface area contributed by atoms with Gasteiger partial charge in [-0.05, 0) is 51.0 Å². The van der Waals surface area contributed by atoms with Crippen LogP contribution in [0.2, 0.25) is 10.0 Å². The van der Waals surface area contributed by atoms with E-state index in [0.717, 1.165) is 11.4 Å². The summed E-state index contributed by atoms with van der Waals surface area (Å²) in [6, 6.07) is 6.94. The minimum Gasteiger partial charge on any atom is -0.469 e. The number of likely N-dealkylation sites (tertiary alicyclic amines) is 1. The lowest BCUT2D eigenvalue weighted by molar-refractivity contribution is -0.146. The summed E-state index contributed by atoms with van der Waals surface area (Å²) in [6.45, 7) is 4.68. The lowest BCUT2D eigenvalue weighted by atomic mass is 9.97. The van der Waals surface area contributed by atoms with Crippen molar-refractivity contribution >= 4 is 46.8 Å². The molecule has 3 heterocycles. The summed E-state index contributed by atoms with van der Waals surface area (Å²) in [5.74, 6) is -0.346. The number of amides is 1. The molecule has 184 valence electrons. The second-order valence-electron chi connectivity index (χ2n) is 8.24. The van der Waals surface area contributed by atoms with Crippen LogP contribution in [0.25, 0.3) is 5.69 Å². The lowest BCUT2D eigenvalue weighted by Crippen LogP contribution is -2.41. The Balaban J connectivity index is 1.64. The van der Waals surface area contributed by atoms with E-state index in [1.54, 1.807) is 27.8 Å². The molecule has 0 saturated carbocycles. The maximum absolute atomic E-state index is 13.5. The van der Waals surface area contributed by atoms with Gasteiger partial charge >= 0.3 is 5.97 Å². The van der Waals surface area contributed by atoms with Crippen molar-refractivity contribution in [2.75, 3.05) is 20.2 Å². The third kappa shape index (κ3) is 5.94. The molecule has 0 bridgehead atoms. The molecular weight excluding hydrogens is 511 g/mol. The molecule has 1 saturated heterocycles. The number of aromatic nitrogens is 5. The van der Waals surface area contributed by atoms with Crippen molar-refractivity contribution < 1.29 is 14.3 Å². The number of hydrogen-bond acceptors (Lipinski definition) is 8. The van der Waals surface area contributed by atoms with E-state index in [9.17, 15) is 9.59 Å². The molecule has 2 aromatic heterocycles. The highest BCUT2D eigenvalue weighted by molar-refractivity contribution is 7.98. The number of rotatable bonds is 6. The average molecular weight is 535 g/mol. The van der Waals surface area contributed by atoms with E-state index in [2.05, 4.69) is 20.3 Å². The Morgan fingerprint density at radius 1 is 1.06 bits per heavy atom. The highest BCUT2D eigenvalue weighted by atomic mass is 35.5. The summed E-state index contributed by atoms with van der Waals surface area (Å²) in [5.41, 5.74) is 3.12. The summed E-state index contributed by atoms with van der Waals surface area (Å²) in [7, 11) is 1.38. The average Bonchev–Trinajstić information content (AvgIpc) is 3.24. The van der Waals surface area contributed by atoms with Crippen molar-refractivity contribution in [3.8, 4) is 5.69 Å². The molecule has 3 aromatic rings. The number of nitrogens with zero attached hydrogens (tertiary/aromatic N) is 6. The van der Waals surface area contributed by atoms with Crippen molar-refractivity contribution in [3.63, 3.8) is 0 Å². The van der Waals surface area contributed by atoms with Crippen molar-refractivity contribution in [1.29, 1.82) is 0 Å². The Bertz CT molecular complexity index is 1220. The summed E-state index contributed by atoms with van der Waals surface area (Å²) in [5, 5.41) is 9.97. The molecule has 1 aliphatic heterocycles. The zero-order valence-corrected chi connectivity index (χ0v) is 21.8. The Morgan fingerprint density at radius 3 is 2.29 bits per heavy atom. The Kier molecular flexibility index (Phi) is 7.93. The second-order valence-corrected chi connectivity index (χ2v) is 10.1. The molecule has 0 N–H and O–H groups in total.